The number of benzene rings is 1. The highest BCUT2D eigenvalue weighted by Gasteiger charge is 2.31. The minimum absolute atomic E-state index is 0.0464. The Morgan fingerprint density at radius 3 is 2.55 bits per heavy atom. The Morgan fingerprint density at radius 1 is 1.00 bits per heavy atom. The first kappa shape index (κ1) is 25.5. The molecule has 8 nitrogen and oxygen atoms in total. The number of aromatic nitrogens is 3. The molecule has 0 spiro atoms. The van der Waals surface area contributed by atoms with Gasteiger partial charge in [0.2, 0.25) is 5.91 Å². The third-order valence-corrected chi connectivity index (χ3v) is 6.50. The van der Waals surface area contributed by atoms with Gasteiger partial charge in [-0.15, -0.1) is 0 Å². The minimum Gasteiger partial charge on any atom is -0.351 e. The number of carbonyl (C=O) groups is 2. The number of anilines is 2. The van der Waals surface area contributed by atoms with Crippen LogP contribution in [0.5, 0.6) is 0 Å². The van der Waals surface area contributed by atoms with Gasteiger partial charge in [-0.3, -0.25) is 9.59 Å². The van der Waals surface area contributed by atoms with Gasteiger partial charge in [-0.2, -0.15) is 13.2 Å². The Hall–Kier alpha value is -4.12. The van der Waals surface area contributed by atoms with E-state index in [1.165, 1.54) is 24.4 Å². The molecule has 4 aromatic rings. The van der Waals surface area contributed by atoms with Crippen molar-refractivity contribution in [3.8, 4) is 0 Å². The van der Waals surface area contributed by atoms with Crippen molar-refractivity contribution in [2.75, 3.05) is 36.4 Å². The first-order valence-corrected chi connectivity index (χ1v) is 12.1. The zero-order valence-electron chi connectivity index (χ0n) is 20.0. The summed E-state index contributed by atoms with van der Waals surface area (Å²) in [6.45, 7) is 1.90. The lowest BCUT2D eigenvalue weighted by Gasteiger charge is -2.36. The topological polar surface area (TPSA) is 83.4 Å². The molecule has 1 saturated heterocycles. The van der Waals surface area contributed by atoms with E-state index in [0.717, 1.165) is 23.2 Å². The molecule has 0 atom stereocenters. The van der Waals surface area contributed by atoms with E-state index in [9.17, 15) is 22.8 Å². The minimum atomic E-state index is -4.57. The normalized spacial score (nSPS) is 14.1. The maximum Gasteiger partial charge on any atom is 0.416 e. The van der Waals surface area contributed by atoms with E-state index in [2.05, 4.69) is 15.3 Å². The molecule has 0 aliphatic carbocycles. The van der Waals surface area contributed by atoms with Gasteiger partial charge in [-0.1, -0.05) is 17.7 Å². The highest BCUT2D eigenvalue weighted by molar-refractivity contribution is 6.31. The number of hydrogen-bond acceptors (Lipinski definition) is 5. The number of nitrogens with one attached hydrogen (secondary N) is 1. The molecule has 38 heavy (non-hydrogen) atoms. The Kier molecular flexibility index (Phi) is 6.94. The van der Waals surface area contributed by atoms with Crippen LogP contribution < -0.4 is 10.2 Å². The average Bonchev–Trinajstić information content (AvgIpc) is 3.31. The van der Waals surface area contributed by atoms with Crippen LogP contribution in [-0.4, -0.2) is 57.4 Å². The fraction of sp³-hybridized carbons (Fsp3) is 0.231. The molecule has 2 amide bonds. The molecule has 0 unspecified atom stereocenters. The number of rotatable bonds is 5. The van der Waals surface area contributed by atoms with Crippen LogP contribution in [0.1, 0.15) is 15.9 Å². The Balaban J connectivity index is 1.26. The van der Waals surface area contributed by atoms with Gasteiger partial charge in [-0.25, -0.2) is 9.97 Å². The van der Waals surface area contributed by atoms with Crippen molar-refractivity contribution in [3.63, 3.8) is 0 Å². The molecule has 1 aliphatic heterocycles. The summed E-state index contributed by atoms with van der Waals surface area (Å²) >= 11 is 6.10. The summed E-state index contributed by atoms with van der Waals surface area (Å²) in [5.74, 6) is -0.347. The fourth-order valence-corrected chi connectivity index (χ4v) is 4.53. The summed E-state index contributed by atoms with van der Waals surface area (Å²) in [6.07, 6.45) is 0.382. The third kappa shape index (κ3) is 5.42. The maximum absolute atomic E-state index is 13.1. The molecule has 1 aromatic carbocycles. The highest BCUT2D eigenvalue weighted by atomic mass is 35.5. The molecule has 4 heterocycles. The van der Waals surface area contributed by atoms with Crippen LogP contribution in [0, 0.1) is 0 Å². The molecule has 1 fully saturated rings. The summed E-state index contributed by atoms with van der Waals surface area (Å²) in [5, 5.41) is 3.85. The SMILES string of the molecule is O=C(Nc1cc(Cl)cnc1N1CCN(C(=O)Cn2ccc3cccnc32)CC1)c1cccc(C(F)(F)F)c1. The molecular formula is C26H22ClF3N6O2. The summed E-state index contributed by atoms with van der Waals surface area (Å²) in [7, 11) is 0. The number of carbonyl (C=O) groups excluding carboxylic acids is 2. The van der Waals surface area contributed by atoms with Crippen molar-refractivity contribution in [1.82, 2.24) is 19.4 Å². The molecule has 5 rings (SSSR count). The molecule has 1 aliphatic rings. The smallest absolute Gasteiger partial charge is 0.351 e. The van der Waals surface area contributed by atoms with Gasteiger partial charge in [0.05, 0.1) is 16.3 Å². The van der Waals surface area contributed by atoms with E-state index in [0.29, 0.717) is 32.0 Å². The fourth-order valence-electron chi connectivity index (χ4n) is 4.37. The lowest BCUT2D eigenvalue weighted by Crippen LogP contribution is -2.50. The zero-order valence-corrected chi connectivity index (χ0v) is 20.7. The lowest BCUT2D eigenvalue weighted by molar-refractivity contribution is -0.137. The van der Waals surface area contributed by atoms with Crippen molar-refractivity contribution < 1.29 is 22.8 Å². The molecule has 3 aromatic heterocycles. The van der Waals surface area contributed by atoms with Gasteiger partial charge >= 0.3 is 6.18 Å². The number of alkyl halides is 3. The van der Waals surface area contributed by atoms with Gasteiger partial charge in [0, 0.05) is 55.7 Å². The van der Waals surface area contributed by atoms with Crippen LogP contribution in [0.15, 0.2) is 67.1 Å². The van der Waals surface area contributed by atoms with Crippen LogP contribution in [0.4, 0.5) is 24.7 Å². The van der Waals surface area contributed by atoms with E-state index in [1.54, 1.807) is 11.1 Å². The van der Waals surface area contributed by atoms with Gasteiger partial charge < -0.3 is 19.7 Å². The summed E-state index contributed by atoms with van der Waals surface area (Å²) < 4.78 is 41.1. The molecular weight excluding hydrogens is 521 g/mol. The van der Waals surface area contributed by atoms with Gasteiger partial charge in [0.25, 0.3) is 5.91 Å². The van der Waals surface area contributed by atoms with E-state index in [-0.39, 0.29) is 28.7 Å². The lowest BCUT2D eigenvalue weighted by atomic mass is 10.1. The number of nitrogens with zero attached hydrogens (tertiary/aromatic N) is 5. The van der Waals surface area contributed by atoms with Crippen LogP contribution in [0.25, 0.3) is 11.0 Å². The summed E-state index contributed by atoms with van der Waals surface area (Å²) in [6, 6.07) is 11.4. The number of amides is 2. The Labute approximate surface area is 220 Å². The van der Waals surface area contributed by atoms with Crippen LogP contribution in [-0.2, 0) is 17.5 Å². The molecule has 12 heteroatoms. The average molecular weight is 543 g/mol. The Bertz CT molecular complexity index is 1500. The molecule has 0 radical (unpaired) electrons. The Morgan fingerprint density at radius 2 is 1.79 bits per heavy atom. The molecule has 0 saturated carbocycles. The van der Waals surface area contributed by atoms with E-state index >= 15 is 0 Å². The van der Waals surface area contributed by atoms with Crippen molar-refractivity contribution in [1.29, 1.82) is 0 Å². The highest BCUT2D eigenvalue weighted by Crippen LogP contribution is 2.31. The monoisotopic (exact) mass is 542 g/mol. The third-order valence-electron chi connectivity index (χ3n) is 6.29. The van der Waals surface area contributed by atoms with Crippen molar-refractivity contribution in [2.45, 2.75) is 12.7 Å². The van der Waals surface area contributed by atoms with E-state index < -0.39 is 17.6 Å². The zero-order chi connectivity index (χ0) is 26.9. The van der Waals surface area contributed by atoms with Crippen LogP contribution in [0.3, 0.4) is 0 Å². The summed E-state index contributed by atoms with van der Waals surface area (Å²) in [4.78, 5) is 38.1. The first-order chi connectivity index (χ1) is 18.2. The predicted octanol–water partition coefficient (Wildman–Crippen LogP) is 4.70. The van der Waals surface area contributed by atoms with Crippen LogP contribution in [0.2, 0.25) is 5.02 Å². The van der Waals surface area contributed by atoms with Crippen molar-refractivity contribution >= 4 is 46.0 Å². The van der Waals surface area contributed by atoms with Crippen molar-refractivity contribution in [3.05, 3.63) is 83.3 Å². The van der Waals surface area contributed by atoms with E-state index in [1.807, 2.05) is 33.9 Å². The molecule has 1 N–H and O–H groups in total. The number of pyridine rings is 2. The van der Waals surface area contributed by atoms with Crippen LogP contribution >= 0.6 is 11.6 Å². The second-order valence-corrected chi connectivity index (χ2v) is 9.22. The number of hydrogen-bond donors (Lipinski definition) is 1. The van der Waals surface area contributed by atoms with Gasteiger partial charge in [0.1, 0.15) is 12.2 Å². The number of piperazine rings is 1. The summed E-state index contributed by atoms with van der Waals surface area (Å²) in [5.41, 5.74) is -0.0529. The maximum atomic E-state index is 13.1. The number of halogens is 4. The van der Waals surface area contributed by atoms with E-state index in [4.69, 9.17) is 11.6 Å². The molecule has 0 bridgehead atoms. The second kappa shape index (κ2) is 10.3. The second-order valence-electron chi connectivity index (χ2n) is 8.79. The quantitative estimate of drug-likeness (QED) is 0.395. The number of fused-ring (bicyclic) bond motifs is 1. The van der Waals surface area contributed by atoms with Crippen molar-refractivity contribution in [2.24, 2.45) is 0 Å². The van der Waals surface area contributed by atoms with Gasteiger partial charge in [0.15, 0.2) is 5.82 Å². The van der Waals surface area contributed by atoms with Gasteiger partial charge in [-0.05, 0) is 42.5 Å². The molecule has 196 valence electrons. The largest absolute Gasteiger partial charge is 0.416 e. The first-order valence-electron chi connectivity index (χ1n) is 11.8. The standard InChI is InChI=1S/C26H22ClF3N6O2/c27-20-14-21(33-25(38)18-3-1-5-19(13-18)26(28,29)30)24(32-15-20)35-11-9-34(10-12-35)22(37)16-36-8-6-17-4-2-7-31-23(17)36/h1-8,13-15H,9-12,16H2,(H,33,38). The predicted molar refractivity (Wildman–Crippen MR) is 137 cm³/mol.